The molecule has 2 aliphatic carbocycles. The Morgan fingerprint density at radius 3 is 2.07 bits per heavy atom. The lowest BCUT2D eigenvalue weighted by atomic mass is 9.64. The van der Waals surface area contributed by atoms with Gasteiger partial charge in [0.15, 0.2) is 0 Å². The molecule has 86 valence electrons. The van der Waals surface area contributed by atoms with Gasteiger partial charge in [-0.05, 0) is 44.4 Å². The maximum Gasteiger partial charge on any atom is 0.309 e. The van der Waals surface area contributed by atoms with E-state index in [-0.39, 0.29) is 6.10 Å². The van der Waals surface area contributed by atoms with E-state index in [0.717, 1.165) is 12.8 Å². The van der Waals surface area contributed by atoms with E-state index in [9.17, 15) is 15.0 Å². The van der Waals surface area contributed by atoms with Crippen LogP contribution in [0.15, 0.2) is 0 Å². The highest BCUT2D eigenvalue weighted by Gasteiger charge is 2.48. The topological polar surface area (TPSA) is 57.5 Å². The average Bonchev–Trinajstić information content (AvgIpc) is 2.72. The lowest BCUT2D eigenvalue weighted by molar-refractivity contribution is -0.157. The molecule has 0 aromatic rings. The van der Waals surface area contributed by atoms with Crippen LogP contribution in [-0.4, -0.2) is 22.3 Å². The number of hydrogen-bond donors (Lipinski definition) is 2. The summed E-state index contributed by atoms with van der Waals surface area (Å²) < 4.78 is 0. The summed E-state index contributed by atoms with van der Waals surface area (Å²) in [7, 11) is 0. The van der Waals surface area contributed by atoms with E-state index >= 15 is 0 Å². The highest BCUT2D eigenvalue weighted by molar-refractivity contribution is 5.75. The van der Waals surface area contributed by atoms with Gasteiger partial charge in [-0.15, -0.1) is 0 Å². The molecule has 0 radical (unpaired) electrons. The van der Waals surface area contributed by atoms with E-state index in [4.69, 9.17) is 0 Å². The second-order valence-corrected chi connectivity index (χ2v) is 5.17. The predicted molar refractivity (Wildman–Crippen MR) is 56.5 cm³/mol. The van der Waals surface area contributed by atoms with Crippen molar-refractivity contribution in [2.24, 2.45) is 11.3 Å². The fourth-order valence-electron chi connectivity index (χ4n) is 3.39. The van der Waals surface area contributed by atoms with E-state index < -0.39 is 11.4 Å². The molecule has 0 bridgehead atoms. The van der Waals surface area contributed by atoms with Crippen LogP contribution >= 0.6 is 0 Å². The van der Waals surface area contributed by atoms with Crippen LogP contribution in [0.4, 0.5) is 0 Å². The standard InChI is InChI=1S/C12H20O3/c13-10-5-7-12(8-6-10,11(14)15)9-3-1-2-4-9/h9-10,13H,1-8H2,(H,14,15). The van der Waals surface area contributed by atoms with Gasteiger partial charge in [0.25, 0.3) is 0 Å². The minimum atomic E-state index is -0.624. The van der Waals surface area contributed by atoms with Gasteiger partial charge in [0.2, 0.25) is 0 Å². The van der Waals surface area contributed by atoms with Crippen LogP contribution < -0.4 is 0 Å². The Bertz CT molecular complexity index is 235. The molecule has 0 aromatic heterocycles. The molecule has 0 saturated heterocycles. The first-order chi connectivity index (χ1) is 7.15. The van der Waals surface area contributed by atoms with Crippen LogP contribution in [0, 0.1) is 11.3 Å². The Kier molecular flexibility index (Phi) is 3.01. The van der Waals surface area contributed by atoms with Crippen LogP contribution in [0.5, 0.6) is 0 Å². The summed E-state index contributed by atoms with van der Waals surface area (Å²) in [5.74, 6) is -0.260. The van der Waals surface area contributed by atoms with Crippen molar-refractivity contribution in [1.82, 2.24) is 0 Å². The molecule has 0 atom stereocenters. The summed E-state index contributed by atoms with van der Waals surface area (Å²) in [6.07, 6.45) is 6.93. The van der Waals surface area contributed by atoms with Gasteiger partial charge in [-0.25, -0.2) is 0 Å². The molecule has 0 unspecified atom stereocenters. The van der Waals surface area contributed by atoms with Gasteiger partial charge in [0, 0.05) is 0 Å². The lowest BCUT2D eigenvalue weighted by Crippen LogP contribution is -2.42. The van der Waals surface area contributed by atoms with Gasteiger partial charge in [-0.3, -0.25) is 4.79 Å². The number of carboxylic acid groups (broad SMARTS) is 1. The molecule has 0 amide bonds. The highest BCUT2D eigenvalue weighted by Crippen LogP contribution is 2.49. The number of rotatable bonds is 2. The molecular formula is C12H20O3. The Balaban J connectivity index is 2.13. The molecule has 2 N–H and O–H groups in total. The molecule has 0 spiro atoms. The second-order valence-electron chi connectivity index (χ2n) is 5.17. The van der Waals surface area contributed by atoms with Crippen molar-refractivity contribution in [1.29, 1.82) is 0 Å². The molecule has 2 rings (SSSR count). The summed E-state index contributed by atoms with van der Waals surface area (Å²) in [5, 5.41) is 18.9. The largest absolute Gasteiger partial charge is 0.481 e. The number of aliphatic carboxylic acids is 1. The van der Waals surface area contributed by atoms with Crippen molar-refractivity contribution < 1.29 is 15.0 Å². The molecule has 2 fully saturated rings. The van der Waals surface area contributed by atoms with Crippen LogP contribution in [0.2, 0.25) is 0 Å². The van der Waals surface area contributed by atoms with Crippen LogP contribution in [0.25, 0.3) is 0 Å². The maximum atomic E-state index is 11.5. The quantitative estimate of drug-likeness (QED) is 0.737. The molecule has 2 saturated carbocycles. The van der Waals surface area contributed by atoms with Crippen molar-refractivity contribution in [3.05, 3.63) is 0 Å². The number of aliphatic hydroxyl groups excluding tert-OH is 1. The predicted octanol–water partition coefficient (Wildman–Crippen LogP) is 2.18. The van der Waals surface area contributed by atoms with Crippen molar-refractivity contribution >= 4 is 5.97 Å². The smallest absolute Gasteiger partial charge is 0.309 e. The van der Waals surface area contributed by atoms with Crippen LogP contribution in [0.1, 0.15) is 51.4 Å². The molecule has 0 aliphatic heterocycles. The molecule has 3 nitrogen and oxygen atoms in total. The number of carbonyl (C=O) groups is 1. The monoisotopic (exact) mass is 212 g/mol. The van der Waals surface area contributed by atoms with E-state index in [1.807, 2.05) is 0 Å². The normalized spacial score (nSPS) is 38.1. The molecule has 0 aromatic carbocycles. The van der Waals surface area contributed by atoms with Gasteiger partial charge in [-0.2, -0.15) is 0 Å². The zero-order valence-electron chi connectivity index (χ0n) is 9.11. The first-order valence-electron chi connectivity index (χ1n) is 6.06. The minimum Gasteiger partial charge on any atom is -0.481 e. The third kappa shape index (κ3) is 1.89. The summed E-state index contributed by atoms with van der Waals surface area (Å²) in [5.41, 5.74) is -0.504. The molecule has 15 heavy (non-hydrogen) atoms. The van der Waals surface area contributed by atoms with Crippen LogP contribution in [-0.2, 0) is 4.79 Å². The molecule has 0 heterocycles. The fraction of sp³-hybridized carbons (Fsp3) is 0.917. The van der Waals surface area contributed by atoms with Gasteiger partial charge >= 0.3 is 5.97 Å². The SMILES string of the molecule is O=C(O)C1(C2CCCC2)CCC(O)CC1. The highest BCUT2D eigenvalue weighted by atomic mass is 16.4. The third-order valence-corrected chi connectivity index (χ3v) is 4.41. The van der Waals surface area contributed by atoms with E-state index in [1.54, 1.807) is 0 Å². The fourth-order valence-corrected chi connectivity index (χ4v) is 3.39. The molecule has 3 heteroatoms. The van der Waals surface area contributed by atoms with E-state index in [0.29, 0.717) is 31.6 Å². The second kappa shape index (κ2) is 4.12. The number of carboxylic acids is 1. The van der Waals surface area contributed by atoms with Gasteiger partial charge in [0.1, 0.15) is 0 Å². The van der Waals surface area contributed by atoms with Gasteiger partial charge < -0.3 is 10.2 Å². The van der Waals surface area contributed by atoms with Crippen molar-refractivity contribution in [3.8, 4) is 0 Å². The Labute approximate surface area is 90.5 Å². The number of aliphatic hydroxyl groups is 1. The maximum absolute atomic E-state index is 11.5. The van der Waals surface area contributed by atoms with E-state index in [1.165, 1.54) is 12.8 Å². The van der Waals surface area contributed by atoms with Crippen LogP contribution in [0.3, 0.4) is 0 Å². The first kappa shape index (κ1) is 10.9. The number of hydrogen-bond acceptors (Lipinski definition) is 2. The van der Waals surface area contributed by atoms with Crippen molar-refractivity contribution in [2.45, 2.75) is 57.5 Å². The summed E-state index contributed by atoms with van der Waals surface area (Å²) >= 11 is 0. The Hall–Kier alpha value is -0.570. The van der Waals surface area contributed by atoms with Gasteiger partial charge in [0.05, 0.1) is 11.5 Å². The third-order valence-electron chi connectivity index (χ3n) is 4.41. The zero-order chi connectivity index (χ0) is 10.9. The lowest BCUT2D eigenvalue weighted by Gasteiger charge is -2.39. The molecule has 2 aliphatic rings. The minimum absolute atomic E-state index is 0.265. The first-order valence-corrected chi connectivity index (χ1v) is 6.06. The van der Waals surface area contributed by atoms with Crippen molar-refractivity contribution in [2.75, 3.05) is 0 Å². The van der Waals surface area contributed by atoms with Gasteiger partial charge in [-0.1, -0.05) is 12.8 Å². The summed E-state index contributed by atoms with van der Waals surface area (Å²) in [6.45, 7) is 0. The molecular weight excluding hydrogens is 192 g/mol. The summed E-state index contributed by atoms with van der Waals surface area (Å²) in [4.78, 5) is 11.5. The average molecular weight is 212 g/mol. The van der Waals surface area contributed by atoms with Crippen molar-refractivity contribution in [3.63, 3.8) is 0 Å². The Morgan fingerprint density at radius 1 is 1.07 bits per heavy atom. The zero-order valence-corrected chi connectivity index (χ0v) is 9.11. The Morgan fingerprint density at radius 2 is 1.60 bits per heavy atom. The summed E-state index contributed by atoms with van der Waals surface area (Å²) in [6, 6.07) is 0. The van der Waals surface area contributed by atoms with E-state index in [2.05, 4.69) is 0 Å².